The van der Waals surface area contributed by atoms with Gasteiger partial charge in [0.25, 0.3) is 0 Å². The molecule has 3 heteroatoms. The van der Waals surface area contributed by atoms with Crippen molar-refractivity contribution in [3.63, 3.8) is 0 Å². The number of piperidine rings is 1. The number of hydrogen-bond acceptors (Lipinski definition) is 3. The fraction of sp³-hybridized carbons (Fsp3) is 0.684. The minimum Gasteiger partial charge on any atom is -0.496 e. The number of ether oxygens (including phenoxy) is 2. The second-order valence-electron chi connectivity index (χ2n) is 7.76. The maximum absolute atomic E-state index is 5.76. The Labute approximate surface area is 134 Å². The van der Waals surface area contributed by atoms with Gasteiger partial charge < -0.3 is 9.47 Å². The van der Waals surface area contributed by atoms with Gasteiger partial charge >= 0.3 is 0 Å². The zero-order chi connectivity index (χ0) is 16.1. The molecule has 1 heterocycles. The quantitative estimate of drug-likeness (QED) is 0.823. The highest BCUT2D eigenvalue weighted by molar-refractivity contribution is 5.52. The van der Waals surface area contributed by atoms with Gasteiger partial charge in [0, 0.05) is 30.8 Å². The van der Waals surface area contributed by atoms with Crippen molar-refractivity contribution in [3.05, 3.63) is 23.3 Å². The lowest BCUT2D eigenvalue weighted by molar-refractivity contribution is 0.247. The average molecular weight is 303 g/mol. The molecule has 2 aliphatic rings. The maximum Gasteiger partial charge on any atom is 0.130 e. The molecule has 0 radical (unpaired) electrons. The second kappa shape index (κ2) is 5.45. The van der Waals surface area contributed by atoms with Crippen LogP contribution in [0, 0.1) is 17.3 Å². The third kappa shape index (κ3) is 2.40. The Kier molecular flexibility index (Phi) is 3.88. The predicted molar refractivity (Wildman–Crippen MR) is 89.7 cm³/mol. The van der Waals surface area contributed by atoms with Crippen LogP contribution in [0.15, 0.2) is 12.1 Å². The van der Waals surface area contributed by atoms with Crippen LogP contribution >= 0.6 is 0 Å². The number of nitrogens with zero attached hydrogens (tertiary/aromatic N) is 1. The molecule has 1 saturated carbocycles. The number of likely N-dealkylation sites (tertiary alicyclic amines) is 1. The van der Waals surface area contributed by atoms with Gasteiger partial charge in [-0.1, -0.05) is 33.8 Å². The van der Waals surface area contributed by atoms with Crippen LogP contribution in [0.3, 0.4) is 0 Å². The first-order chi connectivity index (χ1) is 10.4. The zero-order valence-corrected chi connectivity index (χ0v) is 14.8. The Morgan fingerprint density at radius 1 is 1.14 bits per heavy atom. The van der Waals surface area contributed by atoms with Crippen molar-refractivity contribution >= 4 is 0 Å². The van der Waals surface area contributed by atoms with Crippen molar-refractivity contribution in [3.8, 4) is 11.5 Å². The van der Waals surface area contributed by atoms with E-state index in [1.807, 2.05) is 0 Å². The van der Waals surface area contributed by atoms with Crippen molar-refractivity contribution in [2.24, 2.45) is 17.3 Å². The van der Waals surface area contributed by atoms with Crippen LogP contribution in [0.25, 0.3) is 0 Å². The number of hydrogen-bond donors (Lipinski definition) is 0. The summed E-state index contributed by atoms with van der Waals surface area (Å²) in [6.07, 6.45) is 0. The number of methoxy groups -OCH3 is 2. The Hall–Kier alpha value is -1.22. The van der Waals surface area contributed by atoms with Crippen LogP contribution in [0.5, 0.6) is 11.5 Å². The molecule has 0 N–H and O–H groups in total. The largest absolute Gasteiger partial charge is 0.496 e. The van der Waals surface area contributed by atoms with Gasteiger partial charge in [-0.2, -0.15) is 0 Å². The van der Waals surface area contributed by atoms with E-state index < -0.39 is 0 Å². The molecule has 1 aromatic rings. The van der Waals surface area contributed by atoms with Crippen LogP contribution in [0.2, 0.25) is 0 Å². The molecule has 2 atom stereocenters. The minimum atomic E-state index is 0.385. The van der Waals surface area contributed by atoms with Crippen molar-refractivity contribution in [1.82, 2.24) is 4.90 Å². The van der Waals surface area contributed by atoms with Gasteiger partial charge in [0.05, 0.1) is 14.2 Å². The summed E-state index contributed by atoms with van der Waals surface area (Å²) in [6.45, 7) is 12.6. The van der Waals surface area contributed by atoms with E-state index in [-0.39, 0.29) is 0 Å². The van der Waals surface area contributed by atoms with Gasteiger partial charge in [0.1, 0.15) is 11.5 Å². The molecular weight excluding hydrogens is 274 g/mol. The number of fused-ring (bicyclic) bond motifs is 1. The van der Waals surface area contributed by atoms with Crippen LogP contribution < -0.4 is 9.47 Å². The SMILES string of the molecule is COc1ccc(CN2CC3C(C2)C3(C)C)c(OC)c1C(C)C. The van der Waals surface area contributed by atoms with Gasteiger partial charge in [-0.15, -0.1) is 0 Å². The fourth-order valence-electron chi connectivity index (χ4n) is 4.30. The molecule has 3 nitrogen and oxygen atoms in total. The lowest BCUT2D eigenvalue weighted by atomic mass is 9.97. The summed E-state index contributed by atoms with van der Waals surface area (Å²) in [7, 11) is 3.51. The van der Waals surface area contributed by atoms with E-state index >= 15 is 0 Å². The van der Waals surface area contributed by atoms with Crippen molar-refractivity contribution in [2.75, 3.05) is 27.3 Å². The van der Waals surface area contributed by atoms with Crippen LogP contribution in [0.4, 0.5) is 0 Å². The van der Waals surface area contributed by atoms with Gasteiger partial charge in [0.2, 0.25) is 0 Å². The summed E-state index contributed by atoms with van der Waals surface area (Å²) in [5.41, 5.74) is 3.04. The first-order valence-corrected chi connectivity index (χ1v) is 8.36. The highest BCUT2D eigenvalue weighted by Gasteiger charge is 2.61. The van der Waals surface area contributed by atoms with E-state index in [1.54, 1.807) is 14.2 Å². The topological polar surface area (TPSA) is 21.7 Å². The maximum atomic E-state index is 5.76. The van der Waals surface area contributed by atoms with Gasteiger partial charge in [-0.3, -0.25) is 4.90 Å². The highest BCUT2D eigenvalue weighted by atomic mass is 16.5. The summed E-state index contributed by atoms with van der Waals surface area (Å²) in [5.74, 6) is 4.11. The van der Waals surface area contributed by atoms with Crippen molar-refractivity contribution < 1.29 is 9.47 Å². The Morgan fingerprint density at radius 2 is 1.77 bits per heavy atom. The summed E-state index contributed by atoms with van der Waals surface area (Å²) in [4.78, 5) is 2.58. The third-order valence-corrected chi connectivity index (χ3v) is 5.83. The number of benzene rings is 1. The molecule has 1 aliphatic carbocycles. The molecule has 0 bridgehead atoms. The lowest BCUT2D eigenvalue weighted by Gasteiger charge is -2.25. The molecule has 1 aliphatic heterocycles. The summed E-state index contributed by atoms with van der Waals surface area (Å²) >= 11 is 0. The van der Waals surface area contributed by atoms with E-state index in [4.69, 9.17) is 9.47 Å². The van der Waals surface area contributed by atoms with Crippen molar-refractivity contribution in [1.29, 1.82) is 0 Å². The molecule has 1 aromatic carbocycles. The summed E-state index contributed by atoms with van der Waals surface area (Å²) in [6, 6.07) is 4.26. The zero-order valence-electron chi connectivity index (χ0n) is 14.8. The van der Waals surface area contributed by atoms with E-state index in [2.05, 4.69) is 44.7 Å². The van der Waals surface area contributed by atoms with Gasteiger partial charge in [-0.25, -0.2) is 0 Å². The fourth-order valence-corrected chi connectivity index (χ4v) is 4.30. The first-order valence-electron chi connectivity index (χ1n) is 8.36. The van der Waals surface area contributed by atoms with E-state index in [9.17, 15) is 0 Å². The smallest absolute Gasteiger partial charge is 0.130 e. The summed E-state index contributed by atoms with van der Waals surface area (Å²) < 4.78 is 11.3. The Balaban J connectivity index is 1.81. The van der Waals surface area contributed by atoms with E-state index in [0.29, 0.717) is 11.3 Å². The molecule has 1 saturated heterocycles. The standard InChI is InChI=1S/C19H29NO2/c1-12(2)17-16(21-5)8-7-13(18(17)22-6)9-20-10-14-15(11-20)19(14,3)4/h7-8,12,14-15H,9-11H2,1-6H3. The van der Waals surface area contributed by atoms with Crippen LogP contribution in [-0.2, 0) is 6.54 Å². The van der Waals surface area contributed by atoms with Crippen molar-refractivity contribution in [2.45, 2.75) is 40.2 Å². The third-order valence-electron chi connectivity index (χ3n) is 5.83. The Bertz CT molecular complexity index is 551. The van der Waals surface area contributed by atoms with E-state index in [1.165, 1.54) is 24.2 Å². The van der Waals surface area contributed by atoms with Gasteiger partial charge in [0.15, 0.2) is 0 Å². The highest BCUT2D eigenvalue weighted by Crippen LogP contribution is 2.62. The average Bonchev–Trinajstić information content (AvgIpc) is 2.84. The minimum absolute atomic E-state index is 0.385. The van der Waals surface area contributed by atoms with Gasteiger partial charge in [-0.05, 0) is 29.2 Å². The Morgan fingerprint density at radius 3 is 2.27 bits per heavy atom. The molecule has 2 fully saturated rings. The molecule has 2 unspecified atom stereocenters. The monoisotopic (exact) mass is 303 g/mol. The molecule has 3 rings (SSSR count). The lowest BCUT2D eigenvalue weighted by Crippen LogP contribution is -2.26. The molecule has 0 amide bonds. The first kappa shape index (κ1) is 15.7. The predicted octanol–water partition coefficient (Wildman–Crippen LogP) is 3.92. The second-order valence-corrected chi connectivity index (χ2v) is 7.76. The molecule has 0 spiro atoms. The normalized spacial score (nSPS) is 26.1. The van der Waals surface area contributed by atoms with E-state index in [0.717, 1.165) is 29.9 Å². The molecule has 122 valence electrons. The molecule has 22 heavy (non-hydrogen) atoms. The van der Waals surface area contributed by atoms with Crippen LogP contribution in [-0.4, -0.2) is 32.2 Å². The molecular formula is C19H29NO2. The summed E-state index contributed by atoms with van der Waals surface area (Å²) in [5, 5.41) is 0. The van der Waals surface area contributed by atoms with Crippen LogP contribution in [0.1, 0.15) is 44.7 Å². The molecule has 0 aromatic heterocycles. The number of rotatable bonds is 5.